The molecule has 1 aromatic heterocycles. The summed E-state index contributed by atoms with van der Waals surface area (Å²) in [6, 6.07) is 20.5. The Morgan fingerprint density at radius 2 is 1.65 bits per heavy atom. The number of carbonyl (C=O) groups excluding carboxylic acids is 1. The molecular formula is C29H30ClN3O4. The van der Waals surface area contributed by atoms with Crippen molar-refractivity contribution in [2.75, 3.05) is 19.8 Å². The summed E-state index contributed by atoms with van der Waals surface area (Å²) in [5.41, 5.74) is 2.33. The molecule has 0 spiro atoms. The van der Waals surface area contributed by atoms with E-state index in [1.165, 1.54) is 4.68 Å². The van der Waals surface area contributed by atoms with Gasteiger partial charge in [-0.3, -0.25) is 9.59 Å². The lowest BCUT2D eigenvalue weighted by Gasteiger charge is -2.13. The standard InChI is InChI=1S/C29H30ClN3O4/c1-3-36-25-14-9-20(19-26(25)37-4-2)15-17-31-27(34)16-18-33-29(35)24-8-6-5-7-23(24)28(32-33)21-10-12-22(30)13-11-21/h5-14,19H,3-4,15-18H2,1-2H3,(H,31,34). The second-order valence-electron chi connectivity index (χ2n) is 8.43. The van der Waals surface area contributed by atoms with Crippen LogP contribution in [0.2, 0.25) is 5.02 Å². The fourth-order valence-corrected chi connectivity index (χ4v) is 4.23. The van der Waals surface area contributed by atoms with E-state index in [2.05, 4.69) is 10.4 Å². The molecule has 1 N–H and O–H groups in total. The van der Waals surface area contributed by atoms with Gasteiger partial charge < -0.3 is 14.8 Å². The van der Waals surface area contributed by atoms with Crippen LogP contribution in [0.5, 0.6) is 11.5 Å². The first-order valence-electron chi connectivity index (χ1n) is 12.4. The highest BCUT2D eigenvalue weighted by atomic mass is 35.5. The Morgan fingerprint density at radius 3 is 2.38 bits per heavy atom. The molecule has 37 heavy (non-hydrogen) atoms. The zero-order valence-electron chi connectivity index (χ0n) is 21.0. The van der Waals surface area contributed by atoms with Crippen LogP contribution >= 0.6 is 11.6 Å². The van der Waals surface area contributed by atoms with Gasteiger partial charge in [0.2, 0.25) is 5.91 Å². The Morgan fingerprint density at radius 1 is 0.946 bits per heavy atom. The Balaban J connectivity index is 1.42. The van der Waals surface area contributed by atoms with Crippen LogP contribution in [0.15, 0.2) is 71.5 Å². The van der Waals surface area contributed by atoms with Crippen molar-refractivity contribution in [1.29, 1.82) is 0 Å². The predicted molar refractivity (Wildman–Crippen MR) is 147 cm³/mol. The molecule has 0 atom stereocenters. The molecule has 4 rings (SSSR count). The number of halogens is 1. The minimum Gasteiger partial charge on any atom is -0.490 e. The van der Waals surface area contributed by atoms with E-state index in [0.29, 0.717) is 53.8 Å². The summed E-state index contributed by atoms with van der Waals surface area (Å²) in [6.45, 7) is 5.60. The van der Waals surface area contributed by atoms with Crippen molar-refractivity contribution in [2.24, 2.45) is 0 Å². The average molecular weight is 520 g/mol. The summed E-state index contributed by atoms with van der Waals surface area (Å²) in [4.78, 5) is 25.6. The summed E-state index contributed by atoms with van der Waals surface area (Å²) in [5, 5.41) is 9.48. The van der Waals surface area contributed by atoms with Gasteiger partial charge in [-0.25, -0.2) is 4.68 Å². The smallest absolute Gasteiger partial charge is 0.274 e. The highest BCUT2D eigenvalue weighted by Crippen LogP contribution is 2.29. The van der Waals surface area contributed by atoms with Crippen molar-refractivity contribution in [3.8, 4) is 22.8 Å². The van der Waals surface area contributed by atoms with Gasteiger partial charge in [-0.2, -0.15) is 5.10 Å². The number of nitrogens with zero attached hydrogens (tertiary/aromatic N) is 2. The van der Waals surface area contributed by atoms with E-state index >= 15 is 0 Å². The molecule has 0 aliphatic carbocycles. The lowest BCUT2D eigenvalue weighted by atomic mass is 10.1. The van der Waals surface area contributed by atoms with Gasteiger partial charge >= 0.3 is 0 Å². The van der Waals surface area contributed by atoms with Gasteiger partial charge in [0.05, 0.1) is 30.8 Å². The Bertz CT molecular complexity index is 1430. The topological polar surface area (TPSA) is 82.5 Å². The number of carbonyl (C=O) groups is 1. The number of ether oxygens (including phenoxy) is 2. The summed E-state index contributed by atoms with van der Waals surface area (Å²) < 4.78 is 12.6. The van der Waals surface area contributed by atoms with Crippen molar-refractivity contribution < 1.29 is 14.3 Å². The number of nitrogens with one attached hydrogen (secondary N) is 1. The SMILES string of the molecule is CCOc1ccc(CCNC(=O)CCn2nc(-c3ccc(Cl)cc3)c3ccccc3c2=O)cc1OCC. The summed E-state index contributed by atoms with van der Waals surface area (Å²) in [7, 11) is 0. The van der Waals surface area contributed by atoms with Gasteiger partial charge in [-0.15, -0.1) is 0 Å². The number of rotatable bonds is 11. The van der Waals surface area contributed by atoms with Crippen molar-refractivity contribution in [3.63, 3.8) is 0 Å². The lowest BCUT2D eigenvalue weighted by Crippen LogP contribution is -2.30. The number of benzene rings is 3. The predicted octanol–water partition coefficient (Wildman–Crippen LogP) is 5.26. The van der Waals surface area contributed by atoms with E-state index in [4.69, 9.17) is 21.1 Å². The third-order valence-electron chi connectivity index (χ3n) is 5.88. The van der Waals surface area contributed by atoms with Crippen molar-refractivity contribution >= 4 is 28.3 Å². The normalized spacial score (nSPS) is 10.9. The molecule has 192 valence electrons. The summed E-state index contributed by atoms with van der Waals surface area (Å²) in [5.74, 6) is 1.26. The van der Waals surface area contributed by atoms with Crippen LogP contribution in [0.3, 0.4) is 0 Å². The average Bonchev–Trinajstić information content (AvgIpc) is 2.91. The highest BCUT2D eigenvalue weighted by Gasteiger charge is 2.13. The van der Waals surface area contributed by atoms with Crippen LogP contribution in [0.25, 0.3) is 22.0 Å². The Labute approximate surface area is 221 Å². The lowest BCUT2D eigenvalue weighted by molar-refractivity contribution is -0.121. The molecule has 0 unspecified atom stereocenters. The molecule has 0 saturated heterocycles. The zero-order valence-corrected chi connectivity index (χ0v) is 21.8. The van der Waals surface area contributed by atoms with E-state index in [9.17, 15) is 9.59 Å². The molecule has 4 aromatic rings. The quantitative estimate of drug-likeness (QED) is 0.292. The fourth-order valence-electron chi connectivity index (χ4n) is 4.10. The minimum atomic E-state index is -0.223. The van der Waals surface area contributed by atoms with Gasteiger partial charge in [-0.1, -0.05) is 48.0 Å². The molecule has 7 nitrogen and oxygen atoms in total. The van der Waals surface area contributed by atoms with Crippen LogP contribution in [-0.2, 0) is 17.8 Å². The van der Waals surface area contributed by atoms with E-state index in [1.54, 1.807) is 18.2 Å². The molecule has 8 heteroatoms. The van der Waals surface area contributed by atoms with Crippen LogP contribution < -0.4 is 20.3 Å². The van der Waals surface area contributed by atoms with Crippen LogP contribution in [-0.4, -0.2) is 35.4 Å². The van der Waals surface area contributed by atoms with Gasteiger partial charge in [-0.05, 0) is 56.2 Å². The van der Waals surface area contributed by atoms with Crippen LogP contribution in [0.1, 0.15) is 25.8 Å². The third-order valence-corrected chi connectivity index (χ3v) is 6.13. The second-order valence-corrected chi connectivity index (χ2v) is 8.86. The molecule has 0 aliphatic heterocycles. The number of aromatic nitrogens is 2. The molecule has 0 aliphatic rings. The largest absolute Gasteiger partial charge is 0.490 e. The zero-order chi connectivity index (χ0) is 26.2. The van der Waals surface area contributed by atoms with E-state index in [-0.39, 0.29) is 24.4 Å². The minimum absolute atomic E-state index is 0.138. The molecular weight excluding hydrogens is 490 g/mol. The summed E-state index contributed by atoms with van der Waals surface area (Å²) in [6.07, 6.45) is 0.784. The number of aryl methyl sites for hydroxylation is 1. The molecule has 0 radical (unpaired) electrons. The molecule has 0 fully saturated rings. The fraction of sp³-hybridized carbons (Fsp3) is 0.276. The Hall–Kier alpha value is -3.84. The molecule has 3 aromatic carbocycles. The number of amides is 1. The first-order valence-corrected chi connectivity index (χ1v) is 12.8. The maximum Gasteiger partial charge on any atom is 0.274 e. The molecule has 1 heterocycles. The maximum atomic E-state index is 13.1. The van der Waals surface area contributed by atoms with E-state index < -0.39 is 0 Å². The maximum absolute atomic E-state index is 13.1. The van der Waals surface area contributed by atoms with Crippen molar-refractivity contribution in [3.05, 3.63) is 87.7 Å². The first kappa shape index (κ1) is 26.2. The number of hydrogen-bond donors (Lipinski definition) is 1. The number of hydrogen-bond acceptors (Lipinski definition) is 5. The van der Waals surface area contributed by atoms with Gasteiger partial charge in [0.15, 0.2) is 11.5 Å². The Kier molecular flexibility index (Phi) is 8.80. The van der Waals surface area contributed by atoms with Gasteiger partial charge in [0.1, 0.15) is 0 Å². The molecule has 0 saturated carbocycles. The van der Waals surface area contributed by atoms with Gasteiger partial charge in [0, 0.05) is 28.9 Å². The van der Waals surface area contributed by atoms with E-state index in [1.807, 2.05) is 62.4 Å². The number of fused-ring (bicyclic) bond motifs is 1. The third kappa shape index (κ3) is 6.49. The summed E-state index contributed by atoms with van der Waals surface area (Å²) >= 11 is 6.05. The van der Waals surface area contributed by atoms with Crippen molar-refractivity contribution in [1.82, 2.24) is 15.1 Å². The monoisotopic (exact) mass is 519 g/mol. The molecule has 0 bridgehead atoms. The first-order chi connectivity index (χ1) is 18.0. The van der Waals surface area contributed by atoms with Crippen LogP contribution in [0, 0.1) is 0 Å². The van der Waals surface area contributed by atoms with E-state index in [0.717, 1.165) is 16.5 Å². The van der Waals surface area contributed by atoms with Crippen molar-refractivity contribution in [2.45, 2.75) is 33.2 Å². The van der Waals surface area contributed by atoms with Gasteiger partial charge in [0.25, 0.3) is 5.56 Å². The molecule has 1 amide bonds. The second kappa shape index (κ2) is 12.4. The van der Waals surface area contributed by atoms with Crippen LogP contribution in [0.4, 0.5) is 0 Å². The highest BCUT2D eigenvalue weighted by molar-refractivity contribution is 6.30.